The van der Waals surface area contributed by atoms with Gasteiger partial charge in [-0.15, -0.1) is 13.2 Å². The predicted molar refractivity (Wildman–Crippen MR) is 132 cm³/mol. The van der Waals surface area contributed by atoms with Crippen LogP contribution in [0.1, 0.15) is 28.8 Å². The summed E-state index contributed by atoms with van der Waals surface area (Å²) in [6, 6.07) is 18.9. The molecular weight excluding hydrogens is 486 g/mol. The Hall–Kier alpha value is -4.14. The average Bonchev–Trinajstić information content (AvgIpc) is 3.27. The molecule has 37 heavy (non-hydrogen) atoms. The highest BCUT2D eigenvalue weighted by atomic mass is 19.4. The summed E-state index contributed by atoms with van der Waals surface area (Å²) < 4.78 is 56.9. The molecule has 0 atom stereocenters. The number of alkyl halides is 3. The van der Waals surface area contributed by atoms with E-state index in [2.05, 4.69) is 15.2 Å². The lowest BCUT2D eigenvalue weighted by atomic mass is 10.1. The minimum atomic E-state index is -4.80. The number of carbonyl (C=O) groups excluding carboxylic acids is 1. The Kier molecular flexibility index (Phi) is 7.61. The number of benzene rings is 3. The summed E-state index contributed by atoms with van der Waals surface area (Å²) in [7, 11) is 0. The van der Waals surface area contributed by atoms with Crippen molar-refractivity contribution in [3.63, 3.8) is 0 Å². The molecule has 1 aromatic heterocycles. The summed E-state index contributed by atoms with van der Waals surface area (Å²) in [5.74, 6) is -0.945. The van der Waals surface area contributed by atoms with Crippen molar-refractivity contribution in [2.45, 2.75) is 39.6 Å². The minimum Gasteiger partial charge on any atom is -0.406 e. The van der Waals surface area contributed by atoms with Crippen LogP contribution in [0, 0.1) is 19.7 Å². The summed E-state index contributed by atoms with van der Waals surface area (Å²) in [6.07, 6.45) is -4.29. The van der Waals surface area contributed by atoms with Gasteiger partial charge < -0.3 is 10.1 Å². The van der Waals surface area contributed by atoms with Gasteiger partial charge in [0.05, 0.1) is 17.1 Å². The van der Waals surface area contributed by atoms with Gasteiger partial charge in [0, 0.05) is 24.9 Å². The summed E-state index contributed by atoms with van der Waals surface area (Å²) in [6.45, 7) is 4.40. The summed E-state index contributed by atoms with van der Waals surface area (Å²) in [5, 5.41) is 7.48. The molecule has 0 aliphatic rings. The smallest absolute Gasteiger partial charge is 0.406 e. The lowest BCUT2D eigenvalue weighted by Gasteiger charge is -2.11. The largest absolute Gasteiger partial charge is 0.573 e. The van der Waals surface area contributed by atoms with Gasteiger partial charge in [0.1, 0.15) is 11.6 Å². The topological polar surface area (TPSA) is 56.2 Å². The molecule has 1 heterocycles. The predicted octanol–water partition coefficient (Wildman–Crippen LogP) is 6.44. The number of amides is 1. The minimum absolute atomic E-state index is 0.142. The van der Waals surface area contributed by atoms with Crippen molar-refractivity contribution >= 4 is 5.91 Å². The van der Waals surface area contributed by atoms with Gasteiger partial charge in [0.15, 0.2) is 0 Å². The molecule has 0 spiro atoms. The van der Waals surface area contributed by atoms with E-state index >= 15 is 0 Å². The number of ether oxygens (including phenoxy) is 1. The van der Waals surface area contributed by atoms with E-state index in [1.807, 2.05) is 32.0 Å². The van der Waals surface area contributed by atoms with Crippen molar-refractivity contribution in [2.75, 3.05) is 0 Å². The van der Waals surface area contributed by atoms with E-state index < -0.39 is 12.2 Å². The molecule has 0 unspecified atom stereocenters. The molecule has 0 aliphatic heterocycles. The highest BCUT2D eigenvalue weighted by Crippen LogP contribution is 2.28. The van der Waals surface area contributed by atoms with E-state index in [-0.39, 0.29) is 18.1 Å². The number of halogens is 4. The second kappa shape index (κ2) is 10.9. The first-order valence-electron chi connectivity index (χ1n) is 11.6. The van der Waals surface area contributed by atoms with Crippen molar-refractivity contribution in [3.8, 4) is 22.7 Å². The lowest BCUT2D eigenvalue weighted by Crippen LogP contribution is -2.23. The van der Waals surface area contributed by atoms with Gasteiger partial charge in [-0.05, 0) is 67.4 Å². The SMILES string of the molecule is Cc1ccc(C)c(CNC(=O)CCc2cc(-c3cccc(F)c3)n(-c3ccc(OC(F)(F)F)cc3)n2)c1. The number of nitrogens with zero attached hydrogens (tertiary/aromatic N) is 2. The molecule has 1 N–H and O–H groups in total. The highest BCUT2D eigenvalue weighted by Gasteiger charge is 2.31. The number of rotatable bonds is 8. The first kappa shape index (κ1) is 25.9. The van der Waals surface area contributed by atoms with Crippen LogP contribution in [-0.2, 0) is 17.8 Å². The molecule has 9 heteroatoms. The van der Waals surface area contributed by atoms with Gasteiger partial charge in [-0.3, -0.25) is 4.79 Å². The molecule has 3 aromatic carbocycles. The van der Waals surface area contributed by atoms with Gasteiger partial charge >= 0.3 is 6.36 Å². The van der Waals surface area contributed by atoms with Crippen LogP contribution in [0.25, 0.3) is 16.9 Å². The van der Waals surface area contributed by atoms with E-state index in [9.17, 15) is 22.4 Å². The summed E-state index contributed by atoms with van der Waals surface area (Å²) in [5.41, 5.74) is 5.36. The third-order valence-corrected chi connectivity index (χ3v) is 5.78. The van der Waals surface area contributed by atoms with Crippen LogP contribution in [0.3, 0.4) is 0 Å². The monoisotopic (exact) mass is 511 g/mol. The number of nitrogens with one attached hydrogen (secondary N) is 1. The van der Waals surface area contributed by atoms with Gasteiger partial charge in [-0.2, -0.15) is 5.10 Å². The fraction of sp³-hybridized carbons (Fsp3) is 0.214. The number of aromatic nitrogens is 2. The Morgan fingerprint density at radius 1 is 1.00 bits per heavy atom. The molecular formula is C28H25F4N3O2. The fourth-order valence-electron chi connectivity index (χ4n) is 3.91. The van der Waals surface area contributed by atoms with Crippen LogP contribution in [0.2, 0.25) is 0 Å². The summed E-state index contributed by atoms with van der Waals surface area (Å²) in [4.78, 5) is 12.5. The van der Waals surface area contributed by atoms with Gasteiger partial charge in [0.2, 0.25) is 5.91 Å². The van der Waals surface area contributed by atoms with Crippen molar-refractivity contribution in [2.24, 2.45) is 0 Å². The quantitative estimate of drug-likeness (QED) is 0.277. The standard InChI is InChI=1S/C28H25F4N3O2/c1-18-6-7-19(2)21(14-18)17-33-27(36)13-8-23-16-26(20-4-3-5-22(29)15-20)35(34-23)24-9-11-25(12-10-24)37-28(30,31)32/h3-7,9-12,14-16H,8,13,17H2,1-2H3,(H,33,36). The van der Waals surface area contributed by atoms with Crippen molar-refractivity contribution in [1.82, 2.24) is 15.1 Å². The number of hydrogen-bond donors (Lipinski definition) is 1. The van der Waals surface area contributed by atoms with Crippen LogP contribution in [-0.4, -0.2) is 22.1 Å². The Morgan fingerprint density at radius 2 is 1.76 bits per heavy atom. The highest BCUT2D eigenvalue weighted by molar-refractivity contribution is 5.76. The van der Waals surface area contributed by atoms with E-state index in [0.717, 1.165) is 16.7 Å². The van der Waals surface area contributed by atoms with Crippen molar-refractivity contribution in [1.29, 1.82) is 0 Å². The Morgan fingerprint density at radius 3 is 2.46 bits per heavy atom. The number of aryl methyl sites for hydroxylation is 3. The van der Waals surface area contributed by atoms with E-state index in [4.69, 9.17) is 0 Å². The van der Waals surface area contributed by atoms with E-state index in [1.54, 1.807) is 18.2 Å². The molecule has 0 bridgehead atoms. The molecule has 0 aliphatic carbocycles. The van der Waals surface area contributed by atoms with Crippen molar-refractivity contribution < 1.29 is 27.1 Å². The molecule has 4 rings (SSSR count). The lowest BCUT2D eigenvalue weighted by molar-refractivity contribution is -0.274. The van der Waals surface area contributed by atoms with Gasteiger partial charge in [-0.1, -0.05) is 35.9 Å². The Labute approximate surface area is 211 Å². The Bertz CT molecular complexity index is 1400. The van der Waals surface area contributed by atoms with Crippen molar-refractivity contribution in [3.05, 3.63) is 101 Å². The molecule has 0 fully saturated rings. The molecule has 0 saturated carbocycles. The first-order chi connectivity index (χ1) is 17.6. The zero-order chi connectivity index (χ0) is 26.6. The second-order valence-electron chi connectivity index (χ2n) is 8.69. The summed E-state index contributed by atoms with van der Waals surface area (Å²) >= 11 is 0. The number of carbonyl (C=O) groups is 1. The third kappa shape index (κ3) is 6.97. The maximum atomic E-state index is 13.9. The van der Waals surface area contributed by atoms with E-state index in [1.165, 1.54) is 41.1 Å². The van der Waals surface area contributed by atoms with Crippen LogP contribution in [0.15, 0.2) is 72.8 Å². The first-order valence-corrected chi connectivity index (χ1v) is 11.6. The molecule has 0 radical (unpaired) electrons. The van der Waals surface area contributed by atoms with Gasteiger partial charge in [-0.25, -0.2) is 9.07 Å². The van der Waals surface area contributed by atoms with Gasteiger partial charge in [0.25, 0.3) is 0 Å². The van der Waals surface area contributed by atoms with Crippen LogP contribution in [0.5, 0.6) is 5.75 Å². The third-order valence-electron chi connectivity index (χ3n) is 5.78. The normalized spacial score (nSPS) is 11.4. The fourth-order valence-corrected chi connectivity index (χ4v) is 3.91. The van der Waals surface area contributed by atoms with Crippen LogP contribution >= 0.6 is 0 Å². The molecule has 192 valence electrons. The zero-order valence-electron chi connectivity index (χ0n) is 20.3. The molecule has 5 nitrogen and oxygen atoms in total. The maximum Gasteiger partial charge on any atom is 0.573 e. The molecule has 4 aromatic rings. The zero-order valence-corrected chi connectivity index (χ0v) is 20.3. The second-order valence-corrected chi connectivity index (χ2v) is 8.69. The van der Waals surface area contributed by atoms with Crippen LogP contribution in [0.4, 0.5) is 17.6 Å². The van der Waals surface area contributed by atoms with E-state index in [0.29, 0.717) is 35.6 Å². The maximum absolute atomic E-state index is 13.9. The number of hydrogen-bond acceptors (Lipinski definition) is 3. The Balaban J connectivity index is 1.52. The average molecular weight is 512 g/mol. The molecule has 0 saturated heterocycles. The molecule has 1 amide bonds. The van der Waals surface area contributed by atoms with Crippen LogP contribution < -0.4 is 10.1 Å².